The van der Waals surface area contributed by atoms with Crippen LogP contribution < -0.4 is 4.74 Å². The molecule has 0 radical (unpaired) electrons. The van der Waals surface area contributed by atoms with Crippen LogP contribution in [0.1, 0.15) is 21.5 Å². The van der Waals surface area contributed by atoms with Gasteiger partial charge in [-0.3, -0.25) is 4.79 Å². The van der Waals surface area contributed by atoms with E-state index in [9.17, 15) is 4.79 Å². The largest absolute Gasteiger partial charge is 0.453 e. The number of hydrogen-bond donors (Lipinski definition) is 0. The Labute approximate surface area is 179 Å². The van der Waals surface area contributed by atoms with E-state index in [-0.39, 0.29) is 12.4 Å². The van der Waals surface area contributed by atoms with Crippen LogP contribution in [-0.2, 0) is 15.3 Å². The maximum absolute atomic E-state index is 14.1. The molecule has 150 valence electrons. The normalized spacial score (nSPS) is 25.0. The Balaban J connectivity index is 1.82. The summed E-state index contributed by atoms with van der Waals surface area (Å²) in [6.07, 6.45) is 1.92. The molecule has 2 heterocycles. The third-order valence-electron chi connectivity index (χ3n) is 5.73. The molecule has 1 spiro atoms. The van der Waals surface area contributed by atoms with Crippen molar-refractivity contribution in [3.8, 4) is 5.75 Å². The number of carbonyl (C=O) groups excluding carboxylic acids is 1. The summed E-state index contributed by atoms with van der Waals surface area (Å²) in [7, 11) is 1.53. The Hall–Kier alpha value is -2.92. The van der Waals surface area contributed by atoms with Crippen molar-refractivity contribution in [2.75, 3.05) is 13.7 Å². The highest BCUT2D eigenvalue weighted by atomic mass is 35.5. The first-order valence-electron chi connectivity index (χ1n) is 9.66. The van der Waals surface area contributed by atoms with E-state index in [0.29, 0.717) is 21.9 Å². The van der Waals surface area contributed by atoms with Gasteiger partial charge in [0, 0.05) is 23.3 Å². The fourth-order valence-corrected chi connectivity index (χ4v) is 4.54. The van der Waals surface area contributed by atoms with Gasteiger partial charge in [-0.15, -0.1) is 0 Å². The molecule has 0 fully saturated rings. The van der Waals surface area contributed by atoms with E-state index in [1.807, 2.05) is 48.5 Å². The molecule has 0 saturated carbocycles. The number of Topliss-reactive ketones (excluding diaryl/α,β-unsaturated/α-hetero) is 1. The molecule has 2 atom stereocenters. The lowest BCUT2D eigenvalue weighted by atomic mass is 9.72. The minimum Gasteiger partial charge on any atom is -0.453 e. The molecule has 5 rings (SSSR count). The fourth-order valence-electron chi connectivity index (χ4n) is 4.41. The van der Waals surface area contributed by atoms with Crippen molar-refractivity contribution in [3.05, 3.63) is 107 Å². The average Bonchev–Trinajstić information content (AvgIpc) is 3.24. The highest BCUT2D eigenvalue weighted by Crippen LogP contribution is 2.55. The monoisotopic (exact) mass is 418 g/mol. The molecule has 0 saturated heterocycles. The Morgan fingerprint density at radius 2 is 1.63 bits per heavy atom. The number of ketones is 1. The summed E-state index contributed by atoms with van der Waals surface area (Å²) in [5.74, 6) is -1.28. The lowest BCUT2D eigenvalue weighted by Gasteiger charge is -2.49. The molecule has 0 unspecified atom stereocenters. The number of ether oxygens (including phenoxy) is 3. The van der Waals surface area contributed by atoms with Crippen molar-refractivity contribution in [2.24, 2.45) is 0 Å². The number of fused-ring (bicyclic) bond motifs is 1. The fraction of sp³-hybridized carbons (Fsp3) is 0.160. The van der Waals surface area contributed by atoms with Gasteiger partial charge in [-0.2, -0.15) is 0 Å². The second kappa shape index (κ2) is 7.10. The lowest BCUT2D eigenvalue weighted by molar-refractivity contribution is -0.254. The summed E-state index contributed by atoms with van der Waals surface area (Å²) < 4.78 is 18.9. The standard InChI is InChI=1S/C25H19ClO4/c1-28-25(18-11-13-19(26)14-12-18)24(23(27)20-9-5-6-10-22(20)30-25)21(15-16-29-24)17-7-3-2-4-8-17/h2-15H,16H2,1H3/t24-,25+/m1/s1. The van der Waals surface area contributed by atoms with Gasteiger partial charge in [-0.25, -0.2) is 0 Å². The highest BCUT2D eigenvalue weighted by Gasteiger charge is 2.68. The van der Waals surface area contributed by atoms with E-state index in [2.05, 4.69) is 0 Å². The number of rotatable bonds is 3. The van der Waals surface area contributed by atoms with Gasteiger partial charge in [0.25, 0.3) is 5.79 Å². The van der Waals surface area contributed by atoms with Crippen LogP contribution in [0.3, 0.4) is 0 Å². The molecule has 4 nitrogen and oxygen atoms in total. The number of hydrogen-bond acceptors (Lipinski definition) is 4. The van der Waals surface area contributed by atoms with Crippen molar-refractivity contribution in [1.82, 2.24) is 0 Å². The van der Waals surface area contributed by atoms with Crippen LogP contribution in [-0.4, -0.2) is 25.1 Å². The molecular formula is C25H19ClO4. The van der Waals surface area contributed by atoms with Gasteiger partial charge in [0.15, 0.2) is 0 Å². The van der Waals surface area contributed by atoms with Crippen molar-refractivity contribution in [2.45, 2.75) is 11.4 Å². The first kappa shape index (κ1) is 19.1. The third-order valence-corrected chi connectivity index (χ3v) is 5.98. The van der Waals surface area contributed by atoms with E-state index >= 15 is 0 Å². The topological polar surface area (TPSA) is 44.8 Å². The Morgan fingerprint density at radius 1 is 0.933 bits per heavy atom. The zero-order valence-electron chi connectivity index (χ0n) is 16.3. The van der Waals surface area contributed by atoms with Crippen molar-refractivity contribution in [1.29, 1.82) is 0 Å². The molecule has 0 bridgehead atoms. The Morgan fingerprint density at radius 3 is 2.37 bits per heavy atom. The number of methoxy groups -OCH3 is 1. The summed E-state index contributed by atoms with van der Waals surface area (Å²) in [4.78, 5) is 14.1. The number of para-hydroxylation sites is 1. The van der Waals surface area contributed by atoms with E-state index in [1.54, 1.807) is 36.4 Å². The SMILES string of the molecule is CO[C@@]1(c2ccc(Cl)cc2)Oc2ccccc2C(=O)[C@@]12OCC=C2c1ccccc1. The van der Waals surface area contributed by atoms with Gasteiger partial charge >= 0.3 is 0 Å². The predicted molar refractivity (Wildman–Crippen MR) is 115 cm³/mol. The molecule has 0 aromatic heterocycles. The number of halogens is 1. The molecular weight excluding hydrogens is 400 g/mol. The van der Waals surface area contributed by atoms with Crippen LogP contribution in [0.4, 0.5) is 0 Å². The van der Waals surface area contributed by atoms with Crippen LogP contribution in [0.25, 0.3) is 5.57 Å². The van der Waals surface area contributed by atoms with Crippen LogP contribution in [0, 0.1) is 0 Å². The minimum atomic E-state index is -1.53. The molecule has 0 N–H and O–H groups in total. The number of benzene rings is 3. The second-order valence-corrected chi connectivity index (χ2v) is 7.67. The van der Waals surface area contributed by atoms with Gasteiger partial charge in [-0.1, -0.05) is 72.3 Å². The smallest absolute Gasteiger partial charge is 0.278 e. The Bertz CT molecular complexity index is 1140. The van der Waals surface area contributed by atoms with Gasteiger partial charge in [0.1, 0.15) is 5.75 Å². The van der Waals surface area contributed by atoms with Crippen LogP contribution in [0.2, 0.25) is 5.02 Å². The third kappa shape index (κ3) is 2.51. The zero-order valence-corrected chi connectivity index (χ0v) is 17.1. The van der Waals surface area contributed by atoms with Crippen LogP contribution in [0.15, 0.2) is 84.9 Å². The van der Waals surface area contributed by atoms with Gasteiger partial charge in [0.05, 0.1) is 12.2 Å². The quantitative estimate of drug-likeness (QED) is 0.581. The molecule has 3 aromatic carbocycles. The maximum atomic E-state index is 14.1. The van der Waals surface area contributed by atoms with Gasteiger partial charge < -0.3 is 14.2 Å². The first-order chi connectivity index (χ1) is 14.6. The molecule has 5 heteroatoms. The van der Waals surface area contributed by atoms with Gasteiger partial charge in [-0.05, 0) is 29.8 Å². The summed E-state index contributed by atoms with van der Waals surface area (Å²) in [6, 6.07) is 24.0. The van der Waals surface area contributed by atoms with Crippen molar-refractivity contribution in [3.63, 3.8) is 0 Å². The molecule has 2 aliphatic rings. The first-order valence-corrected chi connectivity index (χ1v) is 10.0. The second-order valence-electron chi connectivity index (χ2n) is 7.23. The van der Waals surface area contributed by atoms with E-state index in [0.717, 1.165) is 11.1 Å². The molecule has 30 heavy (non-hydrogen) atoms. The molecule has 3 aromatic rings. The average molecular weight is 419 g/mol. The van der Waals surface area contributed by atoms with E-state index in [1.165, 1.54) is 7.11 Å². The molecule has 0 amide bonds. The molecule has 0 aliphatic carbocycles. The summed E-state index contributed by atoms with van der Waals surface area (Å²) in [6.45, 7) is 0.264. The minimum absolute atomic E-state index is 0.200. The van der Waals surface area contributed by atoms with E-state index in [4.69, 9.17) is 25.8 Å². The summed E-state index contributed by atoms with van der Waals surface area (Å²) in [5.41, 5.74) is 1.19. The predicted octanol–water partition coefficient (Wildman–Crippen LogP) is 5.27. The number of carbonyl (C=O) groups is 1. The van der Waals surface area contributed by atoms with Crippen molar-refractivity contribution >= 4 is 23.0 Å². The highest BCUT2D eigenvalue weighted by molar-refractivity contribution is 6.30. The van der Waals surface area contributed by atoms with Crippen molar-refractivity contribution < 1.29 is 19.0 Å². The van der Waals surface area contributed by atoms with Gasteiger partial charge in [0.2, 0.25) is 11.4 Å². The lowest BCUT2D eigenvalue weighted by Crippen LogP contribution is -2.64. The Kier molecular flexibility index (Phi) is 4.51. The van der Waals surface area contributed by atoms with E-state index < -0.39 is 11.4 Å². The summed E-state index contributed by atoms with van der Waals surface area (Å²) >= 11 is 6.13. The molecule has 2 aliphatic heterocycles. The maximum Gasteiger partial charge on any atom is 0.278 e. The van der Waals surface area contributed by atoms with Crippen LogP contribution in [0.5, 0.6) is 5.75 Å². The zero-order chi connectivity index (χ0) is 20.8. The van der Waals surface area contributed by atoms with Crippen LogP contribution >= 0.6 is 11.6 Å². The summed E-state index contributed by atoms with van der Waals surface area (Å²) in [5, 5.41) is 0.577.